The Labute approximate surface area is 172 Å². The number of anilines is 1. The molecular weight excluding hydrogens is 368 g/mol. The Hall–Kier alpha value is -2.54. The Morgan fingerprint density at radius 3 is 2.83 bits per heavy atom. The van der Waals surface area contributed by atoms with E-state index in [0.29, 0.717) is 19.8 Å². The average molecular weight is 399 g/mol. The number of benzene rings is 1. The maximum atomic E-state index is 12.8. The fourth-order valence-corrected chi connectivity index (χ4v) is 4.04. The van der Waals surface area contributed by atoms with Crippen molar-refractivity contribution in [2.75, 3.05) is 31.6 Å². The number of rotatable bonds is 4. The topological polar surface area (TPSA) is 68.6 Å². The Balaban J connectivity index is 1.47. The lowest BCUT2D eigenvalue weighted by molar-refractivity contribution is -0.117. The first-order chi connectivity index (χ1) is 13.8. The van der Waals surface area contributed by atoms with Gasteiger partial charge in [0.1, 0.15) is 19.0 Å². The number of fused-ring (bicyclic) bond motifs is 1. The second kappa shape index (κ2) is 7.71. The number of ether oxygens (including phenoxy) is 2. The first-order valence-corrected chi connectivity index (χ1v) is 10.3. The molecular formula is C22H30N4O3. The van der Waals surface area contributed by atoms with Gasteiger partial charge in [0.15, 0.2) is 11.5 Å². The molecule has 1 unspecified atom stereocenters. The summed E-state index contributed by atoms with van der Waals surface area (Å²) in [5, 5.41) is 7.56. The van der Waals surface area contributed by atoms with Crippen LogP contribution >= 0.6 is 0 Å². The number of nitrogens with zero attached hydrogens (tertiary/aromatic N) is 3. The first kappa shape index (κ1) is 19.8. The van der Waals surface area contributed by atoms with Gasteiger partial charge in [-0.15, -0.1) is 0 Å². The van der Waals surface area contributed by atoms with Crippen LogP contribution in [0, 0.1) is 0 Å². The lowest BCUT2D eigenvalue weighted by Crippen LogP contribution is -2.33. The van der Waals surface area contributed by atoms with Crippen molar-refractivity contribution in [2.45, 2.75) is 45.1 Å². The van der Waals surface area contributed by atoms with Crippen LogP contribution in [0.25, 0.3) is 0 Å². The van der Waals surface area contributed by atoms with Crippen LogP contribution in [0.3, 0.4) is 0 Å². The Kier molecular flexibility index (Phi) is 5.25. The second-order valence-corrected chi connectivity index (χ2v) is 8.84. The molecule has 1 aromatic carbocycles. The first-order valence-electron chi connectivity index (χ1n) is 10.3. The largest absolute Gasteiger partial charge is 0.486 e. The average Bonchev–Trinajstić information content (AvgIpc) is 3.28. The van der Waals surface area contributed by atoms with Crippen molar-refractivity contribution in [3.63, 3.8) is 0 Å². The molecule has 29 heavy (non-hydrogen) atoms. The van der Waals surface area contributed by atoms with Gasteiger partial charge in [0.05, 0.1) is 12.2 Å². The van der Waals surface area contributed by atoms with E-state index in [1.165, 1.54) is 0 Å². The van der Waals surface area contributed by atoms with Crippen LogP contribution < -0.4 is 14.8 Å². The fraction of sp³-hybridized carbons (Fsp3) is 0.545. The third-order valence-electron chi connectivity index (χ3n) is 5.58. The predicted octanol–water partition coefficient (Wildman–Crippen LogP) is 3.26. The van der Waals surface area contributed by atoms with Crippen molar-refractivity contribution < 1.29 is 14.3 Å². The number of para-hydroxylation sites is 1. The number of amides is 1. The molecule has 7 nitrogen and oxygen atoms in total. The van der Waals surface area contributed by atoms with Crippen molar-refractivity contribution >= 4 is 11.7 Å². The maximum absolute atomic E-state index is 12.8. The van der Waals surface area contributed by atoms with Crippen LogP contribution in [0.1, 0.15) is 50.9 Å². The van der Waals surface area contributed by atoms with E-state index in [2.05, 4.69) is 42.2 Å². The molecule has 2 aliphatic rings. The summed E-state index contributed by atoms with van der Waals surface area (Å²) in [7, 11) is 1.86. The number of aromatic nitrogens is 2. The highest BCUT2D eigenvalue weighted by molar-refractivity contribution is 5.91. The maximum Gasteiger partial charge on any atom is 0.239 e. The highest BCUT2D eigenvalue weighted by atomic mass is 16.6. The minimum absolute atomic E-state index is 0.0256. The van der Waals surface area contributed by atoms with E-state index in [-0.39, 0.29) is 17.4 Å². The number of aryl methyl sites for hydroxylation is 1. The van der Waals surface area contributed by atoms with Gasteiger partial charge in [-0.05, 0) is 25.5 Å². The molecule has 1 fully saturated rings. The van der Waals surface area contributed by atoms with Crippen LogP contribution in [-0.2, 0) is 17.3 Å². The number of nitrogens with one attached hydrogen (secondary N) is 1. The zero-order valence-corrected chi connectivity index (χ0v) is 17.7. The summed E-state index contributed by atoms with van der Waals surface area (Å²) in [4.78, 5) is 15.0. The highest BCUT2D eigenvalue weighted by Gasteiger charge is 2.32. The SMILES string of the molecule is Cn1nc(C(C)(C)C)cc1NC(=O)CN1CCCC1c1cccc2c1OCCO2. The molecule has 156 valence electrons. The van der Waals surface area contributed by atoms with Crippen molar-refractivity contribution in [2.24, 2.45) is 7.05 Å². The summed E-state index contributed by atoms with van der Waals surface area (Å²) >= 11 is 0. The van der Waals surface area contributed by atoms with Crippen molar-refractivity contribution in [1.29, 1.82) is 0 Å². The number of likely N-dealkylation sites (tertiary alicyclic amines) is 1. The summed E-state index contributed by atoms with van der Waals surface area (Å²) in [6, 6.07) is 8.15. The monoisotopic (exact) mass is 398 g/mol. The minimum Gasteiger partial charge on any atom is -0.486 e. The van der Waals surface area contributed by atoms with E-state index < -0.39 is 0 Å². The summed E-state index contributed by atoms with van der Waals surface area (Å²) in [6.45, 7) is 8.71. The summed E-state index contributed by atoms with van der Waals surface area (Å²) < 4.78 is 13.4. The summed E-state index contributed by atoms with van der Waals surface area (Å²) in [5.74, 6) is 2.33. The number of carbonyl (C=O) groups is 1. The standard InChI is InChI=1S/C22H30N4O3/c1-22(2,3)18-13-19(25(4)24-18)23-20(27)14-26-10-6-8-16(26)15-7-5-9-17-21(15)29-12-11-28-17/h5,7,9,13,16H,6,8,10-12,14H2,1-4H3,(H,23,27). The van der Waals surface area contributed by atoms with Gasteiger partial charge < -0.3 is 14.8 Å². The van der Waals surface area contributed by atoms with Gasteiger partial charge in [-0.25, -0.2) is 0 Å². The molecule has 0 aliphatic carbocycles. The Morgan fingerprint density at radius 1 is 1.28 bits per heavy atom. The molecule has 2 aliphatic heterocycles. The Bertz CT molecular complexity index is 900. The smallest absolute Gasteiger partial charge is 0.239 e. The Morgan fingerprint density at radius 2 is 2.07 bits per heavy atom. The normalized spacial score (nSPS) is 19.4. The van der Waals surface area contributed by atoms with E-state index >= 15 is 0 Å². The van der Waals surface area contributed by atoms with E-state index in [9.17, 15) is 4.79 Å². The van der Waals surface area contributed by atoms with Crippen LogP contribution in [0.15, 0.2) is 24.3 Å². The van der Waals surface area contributed by atoms with Crippen LogP contribution in [0.4, 0.5) is 5.82 Å². The van der Waals surface area contributed by atoms with Crippen LogP contribution in [0.5, 0.6) is 11.5 Å². The summed E-state index contributed by atoms with van der Waals surface area (Å²) in [5.41, 5.74) is 2.01. The quantitative estimate of drug-likeness (QED) is 0.856. The van der Waals surface area contributed by atoms with Crippen LogP contribution in [-0.4, -0.2) is 46.9 Å². The molecule has 0 saturated carbocycles. The zero-order chi connectivity index (χ0) is 20.6. The van der Waals surface area contributed by atoms with Gasteiger partial charge in [-0.1, -0.05) is 32.9 Å². The molecule has 1 N–H and O–H groups in total. The molecule has 1 amide bonds. The molecule has 2 aromatic rings. The van der Waals surface area contributed by atoms with Crippen molar-refractivity contribution in [3.8, 4) is 11.5 Å². The van der Waals surface area contributed by atoms with Gasteiger partial charge >= 0.3 is 0 Å². The molecule has 3 heterocycles. The third-order valence-corrected chi connectivity index (χ3v) is 5.58. The molecule has 1 atom stereocenters. The van der Waals surface area contributed by atoms with E-state index in [1.807, 2.05) is 25.2 Å². The van der Waals surface area contributed by atoms with E-state index in [1.54, 1.807) is 4.68 Å². The molecule has 7 heteroatoms. The van der Waals surface area contributed by atoms with Gasteiger partial charge in [-0.2, -0.15) is 5.10 Å². The van der Waals surface area contributed by atoms with Gasteiger partial charge in [-0.3, -0.25) is 14.4 Å². The zero-order valence-electron chi connectivity index (χ0n) is 17.7. The number of hydrogen-bond donors (Lipinski definition) is 1. The molecule has 0 radical (unpaired) electrons. The fourth-order valence-electron chi connectivity index (χ4n) is 4.04. The van der Waals surface area contributed by atoms with Gasteiger partial charge in [0, 0.05) is 30.1 Å². The molecule has 0 spiro atoms. The van der Waals surface area contributed by atoms with Crippen LogP contribution in [0.2, 0.25) is 0 Å². The van der Waals surface area contributed by atoms with E-state index in [4.69, 9.17) is 9.47 Å². The molecule has 1 saturated heterocycles. The number of carbonyl (C=O) groups excluding carboxylic acids is 1. The minimum atomic E-state index is -0.0603. The lowest BCUT2D eigenvalue weighted by Gasteiger charge is -2.28. The predicted molar refractivity (Wildman–Crippen MR) is 112 cm³/mol. The summed E-state index contributed by atoms with van der Waals surface area (Å²) in [6.07, 6.45) is 2.06. The van der Waals surface area contributed by atoms with Gasteiger partial charge in [0.2, 0.25) is 5.91 Å². The number of hydrogen-bond acceptors (Lipinski definition) is 5. The molecule has 1 aromatic heterocycles. The van der Waals surface area contributed by atoms with E-state index in [0.717, 1.165) is 48.0 Å². The lowest BCUT2D eigenvalue weighted by atomic mass is 9.92. The molecule has 0 bridgehead atoms. The molecule has 4 rings (SSSR count). The van der Waals surface area contributed by atoms with Crippen molar-refractivity contribution in [1.82, 2.24) is 14.7 Å². The second-order valence-electron chi connectivity index (χ2n) is 8.84. The van der Waals surface area contributed by atoms with Gasteiger partial charge in [0.25, 0.3) is 0 Å². The third kappa shape index (κ3) is 4.10. The highest BCUT2D eigenvalue weighted by Crippen LogP contribution is 2.42. The van der Waals surface area contributed by atoms with Crippen molar-refractivity contribution in [3.05, 3.63) is 35.5 Å².